The molecule has 1 saturated heterocycles. The maximum absolute atomic E-state index is 10.6. The van der Waals surface area contributed by atoms with Crippen LogP contribution in [-0.2, 0) is 4.79 Å². The molecular weight excluding hydrogens is 322 g/mol. The van der Waals surface area contributed by atoms with Gasteiger partial charge in [-0.2, -0.15) is 0 Å². The molecule has 0 bridgehead atoms. The summed E-state index contributed by atoms with van der Waals surface area (Å²) in [6.07, 6.45) is 5.21. The molecule has 0 aromatic heterocycles. The van der Waals surface area contributed by atoms with Crippen molar-refractivity contribution in [3.05, 3.63) is 34.3 Å². The predicted octanol–water partition coefficient (Wildman–Crippen LogP) is 3.02. The number of rotatable bonds is 6. The van der Waals surface area contributed by atoms with Gasteiger partial charge < -0.3 is 9.84 Å². The van der Waals surface area contributed by atoms with Gasteiger partial charge in [0.15, 0.2) is 0 Å². The Morgan fingerprint density at radius 1 is 1.40 bits per heavy atom. The molecule has 1 N–H and O–H groups in total. The van der Waals surface area contributed by atoms with Gasteiger partial charge in [-0.3, -0.25) is 4.90 Å². The summed E-state index contributed by atoms with van der Waals surface area (Å²) in [5.41, 5.74) is 0.767. The van der Waals surface area contributed by atoms with Crippen molar-refractivity contribution in [1.82, 2.24) is 4.90 Å². The number of carboxylic acid groups (broad SMARTS) is 1. The molecule has 0 amide bonds. The van der Waals surface area contributed by atoms with Crippen LogP contribution in [0.2, 0.25) is 0 Å². The molecule has 1 aromatic rings. The van der Waals surface area contributed by atoms with E-state index in [-0.39, 0.29) is 0 Å². The van der Waals surface area contributed by atoms with Gasteiger partial charge in [-0.05, 0) is 54.0 Å². The number of ether oxygens (including phenoxy) is 1. The summed E-state index contributed by atoms with van der Waals surface area (Å²) in [7, 11) is 0. The first-order valence-electron chi connectivity index (χ1n) is 6.71. The van der Waals surface area contributed by atoms with Gasteiger partial charge in [0.05, 0.1) is 4.47 Å². The van der Waals surface area contributed by atoms with E-state index in [9.17, 15) is 4.79 Å². The number of halogens is 1. The Hall–Kier alpha value is -1.33. The fourth-order valence-electron chi connectivity index (χ4n) is 2.25. The standard InChI is InChI=1S/C15H18BrNO3/c16-13-5-3-4-12(6-7-14(18)19)15(13)20-11-10-17-8-1-2-9-17/h3-7H,1-2,8-11H2,(H,18,19)/b7-6+. The minimum atomic E-state index is -0.965. The van der Waals surface area contributed by atoms with Crippen molar-refractivity contribution in [3.63, 3.8) is 0 Å². The van der Waals surface area contributed by atoms with Crippen LogP contribution < -0.4 is 4.74 Å². The Kier molecular flexibility index (Phi) is 5.61. The number of aliphatic carboxylic acids is 1. The molecule has 1 aliphatic rings. The summed E-state index contributed by atoms with van der Waals surface area (Å²) in [5.74, 6) is -0.266. The number of para-hydroxylation sites is 1. The Labute approximate surface area is 127 Å². The van der Waals surface area contributed by atoms with E-state index >= 15 is 0 Å². The number of hydrogen-bond donors (Lipinski definition) is 1. The molecule has 0 spiro atoms. The van der Waals surface area contributed by atoms with E-state index in [4.69, 9.17) is 9.84 Å². The van der Waals surface area contributed by atoms with E-state index in [1.807, 2.05) is 18.2 Å². The lowest BCUT2D eigenvalue weighted by Crippen LogP contribution is -2.25. The van der Waals surface area contributed by atoms with Crippen LogP contribution in [0.4, 0.5) is 0 Å². The zero-order valence-electron chi connectivity index (χ0n) is 11.2. The monoisotopic (exact) mass is 339 g/mol. The minimum Gasteiger partial charge on any atom is -0.490 e. The van der Waals surface area contributed by atoms with Gasteiger partial charge in [-0.25, -0.2) is 4.79 Å². The van der Waals surface area contributed by atoms with Crippen LogP contribution in [0.5, 0.6) is 5.75 Å². The second kappa shape index (κ2) is 7.45. The summed E-state index contributed by atoms with van der Waals surface area (Å²) < 4.78 is 6.67. The topological polar surface area (TPSA) is 49.8 Å². The molecule has 0 radical (unpaired) electrons. The van der Waals surface area contributed by atoms with Crippen LogP contribution in [0.15, 0.2) is 28.7 Å². The summed E-state index contributed by atoms with van der Waals surface area (Å²) in [5, 5.41) is 8.71. The quantitative estimate of drug-likeness (QED) is 0.809. The fourth-order valence-corrected chi connectivity index (χ4v) is 2.75. The second-order valence-corrected chi connectivity index (χ2v) is 5.58. The van der Waals surface area contributed by atoms with Gasteiger partial charge >= 0.3 is 5.97 Å². The zero-order chi connectivity index (χ0) is 14.4. The molecule has 0 unspecified atom stereocenters. The van der Waals surface area contributed by atoms with Crippen molar-refractivity contribution in [3.8, 4) is 5.75 Å². The molecule has 5 heteroatoms. The number of benzene rings is 1. The molecule has 108 valence electrons. The molecule has 1 heterocycles. The van der Waals surface area contributed by atoms with Crippen LogP contribution in [0.1, 0.15) is 18.4 Å². The van der Waals surface area contributed by atoms with Crippen molar-refractivity contribution in [2.75, 3.05) is 26.2 Å². The number of hydrogen-bond acceptors (Lipinski definition) is 3. The fraction of sp³-hybridized carbons (Fsp3) is 0.400. The third-order valence-electron chi connectivity index (χ3n) is 3.26. The van der Waals surface area contributed by atoms with E-state index in [0.717, 1.165) is 35.7 Å². The second-order valence-electron chi connectivity index (χ2n) is 4.73. The van der Waals surface area contributed by atoms with Gasteiger partial charge in [0.2, 0.25) is 0 Å². The van der Waals surface area contributed by atoms with Crippen LogP contribution in [-0.4, -0.2) is 42.2 Å². The number of likely N-dealkylation sites (tertiary alicyclic amines) is 1. The zero-order valence-corrected chi connectivity index (χ0v) is 12.8. The number of carboxylic acids is 1. The average Bonchev–Trinajstić information content (AvgIpc) is 2.92. The largest absolute Gasteiger partial charge is 0.490 e. The highest BCUT2D eigenvalue weighted by Crippen LogP contribution is 2.30. The highest BCUT2D eigenvalue weighted by molar-refractivity contribution is 9.10. The lowest BCUT2D eigenvalue weighted by molar-refractivity contribution is -0.131. The SMILES string of the molecule is O=C(O)/C=C/c1cccc(Br)c1OCCN1CCCC1. The minimum absolute atomic E-state index is 0.608. The molecule has 0 aliphatic carbocycles. The summed E-state index contributed by atoms with van der Waals surface area (Å²) >= 11 is 3.45. The van der Waals surface area contributed by atoms with E-state index in [1.54, 1.807) is 6.08 Å². The van der Waals surface area contributed by atoms with Gasteiger partial charge in [-0.15, -0.1) is 0 Å². The molecule has 0 saturated carbocycles. The third kappa shape index (κ3) is 4.35. The highest BCUT2D eigenvalue weighted by Gasteiger charge is 2.12. The maximum atomic E-state index is 10.6. The normalized spacial score (nSPS) is 15.8. The van der Waals surface area contributed by atoms with E-state index in [1.165, 1.54) is 12.8 Å². The van der Waals surface area contributed by atoms with E-state index in [2.05, 4.69) is 20.8 Å². The van der Waals surface area contributed by atoms with Crippen LogP contribution in [0.25, 0.3) is 6.08 Å². The van der Waals surface area contributed by atoms with Crippen LogP contribution in [0.3, 0.4) is 0 Å². The van der Waals surface area contributed by atoms with Crippen molar-refractivity contribution in [2.24, 2.45) is 0 Å². The average molecular weight is 340 g/mol. The van der Waals surface area contributed by atoms with Crippen molar-refractivity contribution < 1.29 is 14.6 Å². The van der Waals surface area contributed by atoms with Crippen molar-refractivity contribution in [1.29, 1.82) is 0 Å². The third-order valence-corrected chi connectivity index (χ3v) is 3.88. The van der Waals surface area contributed by atoms with Crippen LogP contribution >= 0.6 is 15.9 Å². The molecular formula is C15H18BrNO3. The number of carbonyl (C=O) groups is 1. The molecule has 4 nitrogen and oxygen atoms in total. The summed E-state index contributed by atoms with van der Waals surface area (Å²) in [4.78, 5) is 13.0. The molecule has 0 atom stereocenters. The van der Waals surface area contributed by atoms with Gasteiger partial charge in [-0.1, -0.05) is 12.1 Å². The lowest BCUT2D eigenvalue weighted by Gasteiger charge is -2.16. The van der Waals surface area contributed by atoms with E-state index in [0.29, 0.717) is 12.4 Å². The molecule has 1 aliphatic heterocycles. The Bertz CT molecular complexity index is 496. The van der Waals surface area contributed by atoms with Gasteiger partial charge in [0.25, 0.3) is 0 Å². The van der Waals surface area contributed by atoms with Crippen molar-refractivity contribution >= 4 is 28.0 Å². The van der Waals surface area contributed by atoms with Gasteiger partial charge in [0, 0.05) is 18.2 Å². The lowest BCUT2D eigenvalue weighted by atomic mass is 10.2. The predicted molar refractivity (Wildman–Crippen MR) is 82.0 cm³/mol. The molecule has 2 rings (SSSR count). The Balaban J connectivity index is 1.99. The van der Waals surface area contributed by atoms with E-state index < -0.39 is 5.97 Å². The first-order valence-corrected chi connectivity index (χ1v) is 7.51. The highest BCUT2D eigenvalue weighted by atomic mass is 79.9. The molecule has 20 heavy (non-hydrogen) atoms. The van der Waals surface area contributed by atoms with Crippen molar-refractivity contribution in [2.45, 2.75) is 12.8 Å². The summed E-state index contributed by atoms with van der Waals surface area (Å²) in [6.45, 7) is 3.80. The number of nitrogens with zero attached hydrogens (tertiary/aromatic N) is 1. The Morgan fingerprint density at radius 3 is 2.85 bits per heavy atom. The summed E-state index contributed by atoms with van der Waals surface area (Å²) in [6, 6.07) is 5.59. The molecule has 1 fully saturated rings. The smallest absolute Gasteiger partial charge is 0.328 e. The Morgan fingerprint density at radius 2 is 2.15 bits per heavy atom. The maximum Gasteiger partial charge on any atom is 0.328 e. The first kappa shape index (κ1) is 15.1. The van der Waals surface area contributed by atoms with Crippen LogP contribution in [0, 0.1) is 0 Å². The first-order chi connectivity index (χ1) is 9.66. The van der Waals surface area contributed by atoms with Gasteiger partial charge in [0.1, 0.15) is 12.4 Å². The molecule has 1 aromatic carbocycles.